The molecule has 0 fully saturated rings. The molecule has 0 aliphatic carbocycles. The summed E-state index contributed by atoms with van der Waals surface area (Å²) in [6.07, 6.45) is 0.986. The Balaban J connectivity index is 3.12. The molecule has 1 rings (SSSR count). The highest BCUT2D eigenvalue weighted by Crippen LogP contribution is 2.29. The molecule has 0 unspecified atom stereocenters. The van der Waals surface area contributed by atoms with Crippen molar-refractivity contribution in [1.82, 2.24) is 4.90 Å². The van der Waals surface area contributed by atoms with Gasteiger partial charge in [-0.3, -0.25) is 0 Å². The topological polar surface area (TPSA) is 92.7 Å². The molecule has 0 bridgehead atoms. The second kappa shape index (κ2) is 7.11. The fourth-order valence-electron chi connectivity index (χ4n) is 2.34. The van der Waals surface area contributed by atoms with Crippen LogP contribution in [0.25, 0.3) is 0 Å². The molecule has 0 radical (unpaired) electrons. The van der Waals surface area contributed by atoms with E-state index in [4.69, 9.17) is 10.9 Å². The molecule has 21 heavy (non-hydrogen) atoms. The lowest BCUT2D eigenvalue weighted by Gasteiger charge is -2.27. The molecule has 0 amide bonds. The molecule has 6 nitrogen and oxygen atoms in total. The zero-order valence-corrected chi connectivity index (χ0v) is 14.1. The fraction of sp³-hybridized carbons (Fsp3) is 0.571. The lowest BCUT2D eigenvalue weighted by Crippen LogP contribution is -2.28. The average Bonchev–Trinajstić information content (AvgIpc) is 2.36. The minimum atomic E-state index is -3.77. The summed E-state index contributed by atoms with van der Waals surface area (Å²) in [6.45, 7) is 6.39. The SMILES string of the molecule is CCN(CCCN(C)C)c1cc(N)cc(S(N)(=O)=O)c1C. The van der Waals surface area contributed by atoms with Crippen molar-refractivity contribution >= 4 is 21.4 Å². The first-order chi connectivity index (χ1) is 9.66. The standard InChI is InChI=1S/C14H26N4O2S/c1-5-18(8-6-7-17(3)4)13-9-12(15)10-14(11(13)2)21(16,19)20/h9-10H,5-8,15H2,1-4H3,(H2,16,19,20). The molecule has 0 aliphatic rings. The van der Waals surface area contributed by atoms with Gasteiger partial charge in [-0.1, -0.05) is 0 Å². The van der Waals surface area contributed by atoms with Gasteiger partial charge in [0.15, 0.2) is 0 Å². The molecule has 1 aromatic rings. The number of rotatable bonds is 7. The zero-order chi connectivity index (χ0) is 16.2. The van der Waals surface area contributed by atoms with Crippen LogP contribution in [0.15, 0.2) is 17.0 Å². The Bertz CT molecular complexity index is 585. The molecule has 1 aromatic carbocycles. The monoisotopic (exact) mass is 314 g/mol. The number of sulfonamides is 1. The van der Waals surface area contributed by atoms with Gasteiger partial charge >= 0.3 is 0 Å². The lowest BCUT2D eigenvalue weighted by atomic mass is 10.1. The van der Waals surface area contributed by atoms with Crippen molar-refractivity contribution in [1.29, 1.82) is 0 Å². The molecule has 0 spiro atoms. The normalized spacial score (nSPS) is 11.9. The van der Waals surface area contributed by atoms with E-state index in [1.54, 1.807) is 6.92 Å². The number of nitrogens with two attached hydrogens (primary N) is 2. The second-order valence-electron chi connectivity index (χ2n) is 5.44. The van der Waals surface area contributed by atoms with Crippen LogP contribution in [0.1, 0.15) is 18.9 Å². The van der Waals surface area contributed by atoms with Gasteiger partial charge in [-0.05, 0) is 58.6 Å². The Morgan fingerprint density at radius 1 is 1.19 bits per heavy atom. The predicted octanol–water partition coefficient (Wildman–Crippen LogP) is 1.00. The summed E-state index contributed by atoms with van der Waals surface area (Å²) in [5.74, 6) is 0. The zero-order valence-electron chi connectivity index (χ0n) is 13.3. The van der Waals surface area contributed by atoms with Crippen molar-refractivity contribution in [2.45, 2.75) is 25.2 Å². The van der Waals surface area contributed by atoms with Crippen molar-refractivity contribution in [2.75, 3.05) is 44.4 Å². The van der Waals surface area contributed by atoms with E-state index in [2.05, 4.69) is 9.80 Å². The molecule has 0 saturated heterocycles. The van der Waals surface area contributed by atoms with Crippen molar-refractivity contribution in [3.05, 3.63) is 17.7 Å². The third kappa shape index (κ3) is 4.87. The first-order valence-corrected chi connectivity index (χ1v) is 8.54. The van der Waals surface area contributed by atoms with Gasteiger partial charge in [0, 0.05) is 24.5 Å². The quantitative estimate of drug-likeness (QED) is 0.733. The van der Waals surface area contributed by atoms with E-state index in [1.165, 1.54) is 6.07 Å². The Morgan fingerprint density at radius 3 is 2.29 bits per heavy atom. The van der Waals surface area contributed by atoms with Crippen molar-refractivity contribution in [2.24, 2.45) is 5.14 Å². The molecule has 4 N–H and O–H groups in total. The van der Waals surface area contributed by atoms with E-state index in [0.29, 0.717) is 11.3 Å². The summed E-state index contributed by atoms with van der Waals surface area (Å²) in [7, 11) is 0.289. The van der Waals surface area contributed by atoms with Gasteiger partial charge in [-0.15, -0.1) is 0 Å². The Morgan fingerprint density at radius 2 is 1.81 bits per heavy atom. The summed E-state index contributed by atoms with van der Waals surface area (Å²) in [4.78, 5) is 4.35. The van der Waals surface area contributed by atoms with Gasteiger partial charge in [0.1, 0.15) is 0 Å². The molecular formula is C14H26N4O2S. The van der Waals surface area contributed by atoms with Crippen LogP contribution in [0.4, 0.5) is 11.4 Å². The molecule has 0 aromatic heterocycles. The number of benzene rings is 1. The molecule has 120 valence electrons. The first kappa shape index (κ1) is 17.7. The van der Waals surface area contributed by atoms with Gasteiger partial charge in [-0.2, -0.15) is 0 Å². The summed E-state index contributed by atoms with van der Waals surface area (Å²) in [5.41, 5.74) is 7.73. The van der Waals surface area contributed by atoms with Crippen LogP contribution in [-0.2, 0) is 10.0 Å². The maximum absolute atomic E-state index is 11.7. The van der Waals surface area contributed by atoms with E-state index in [-0.39, 0.29) is 4.90 Å². The van der Waals surface area contributed by atoms with Gasteiger partial charge in [0.25, 0.3) is 0 Å². The van der Waals surface area contributed by atoms with E-state index < -0.39 is 10.0 Å². The van der Waals surface area contributed by atoms with E-state index in [0.717, 1.165) is 31.7 Å². The van der Waals surface area contributed by atoms with Crippen LogP contribution in [0.2, 0.25) is 0 Å². The third-order valence-corrected chi connectivity index (χ3v) is 4.45. The maximum Gasteiger partial charge on any atom is 0.238 e. The van der Waals surface area contributed by atoms with Crippen LogP contribution >= 0.6 is 0 Å². The summed E-state index contributed by atoms with van der Waals surface area (Å²) in [5, 5.41) is 5.27. The molecule has 7 heteroatoms. The number of primary sulfonamides is 1. The molecule has 0 aliphatic heterocycles. The molecular weight excluding hydrogens is 288 g/mol. The highest BCUT2D eigenvalue weighted by molar-refractivity contribution is 7.89. The van der Waals surface area contributed by atoms with E-state index >= 15 is 0 Å². The average molecular weight is 314 g/mol. The summed E-state index contributed by atoms with van der Waals surface area (Å²) >= 11 is 0. The van der Waals surface area contributed by atoms with Gasteiger partial charge in [0.05, 0.1) is 4.90 Å². The fourth-order valence-corrected chi connectivity index (χ4v) is 3.18. The van der Waals surface area contributed by atoms with Crippen molar-refractivity contribution in [3.8, 4) is 0 Å². The number of hydrogen-bond acceptors (Lipinski definition) is 5. The van der Waals surface area contributed by atoms with E-state index in [1.807, 2.05) is 27.1 Å². The number of anilines is 2. The first-order valence-electron chi connectivity index (χ1n) is 6.99. The Labute approximate surface area is 127 Å². The Hall–Kier alpha value is -1.31. The van der Waals surface area contributed by atoms with Gasteiger partial charge < -0.3 is 15.5 Å². The Kier molecular flexibility index (Phi) is 6.00. The van der Waals surface area contributed by atoms with Crippen molar-refractivity contribution < 1.29 is 8.42 Å². The maximum atomic E-state index is 11.7. The smallest absolute Gasteiger partial charge is 0.238 e. The van der Waals surface area contributed by atoms with E-state index in [9.17, 15) is 8.42 Å². The summed E-state index contributed by atoms with van der Waals surface area (Å²) < 4.78 is 23.3. The number of hydrogen-bond donors (Lipinski definition) is 2. The largest absolute Gasteiger partial charge is 0.399 e. The minimum Gasteiger partial charge on any atom is -0.399 e. The number of nitrogens with zero attached hydrogens (tertiary/aromatic N) is 2. The second-order valence-corrected chi connectivity index (χ2v) is 6.97. The number of nitrogen functional groups attached to an aromatic ring is 1. The van der Waals surface area contributed by atoms with Crippen molar-refractivity contribution in [3.63, 3.8) is 0 Å². The molecule has 0 saturated carbocycles. The third-order valence-electron chi connectivity index (χ3n) is 3.42. The van der Waals surface area contributed by atoms with Crippen LogP contribution in [0.3, 0.4) is 0 Å². The van der Waals surface area contributed by atoms with Crippen LogP contribution in [0, 0.1) is 6.92 Å². The highest BCUT2D eigenvalue weighted by atomic mass is 32.2. The highest BCUT2D eigenvalue weighted by Gasteiger charge is 2.18. The van der Waals surface area contributed by atoms with Crippen LogP contribution in [-0.4, -0.2) is 47.0 Å². The predicted molar refractivity (Wildman–Crippen MR) is 88.0 cm³/mol. The van der Waals surface area contributed by atoms with Crippen LogP contribution in [0.5, 0.6) is 0 Å². The van der Waals surface area contributed by atoms with Gasteiger partial charge in [-0.25, -0.2) is 13.6 Å². The minimum absolute atomic E-state index is 0.101. The molecule has 0 atom stereocenters. The van der Waals surface area contributed by atoms with Gasteiger partial charge in [0.2, 0.25) is 10.0 Å². The summed E-state index contributed by atoms with van der Waals surface area (Å²) in [6, 6.07) is 3.23. The van der Waals surface area contributed by atoms with Crippen LogP contribution < -0.4 is 15.8 Å². The lowest BCUT2D eigenvalue weighted by molar-refractivity contribution is 0.400. The molecule has 0 heterocycles.